The first-order chi connectivity index (χ1) is 56.1. The Kier molecular flexibility index (Phi) is 39.2. The Balaban J connectivity index is -0.000000529. The van der Waals surface area contributed by atoms with E-state index >= 15 is 0 Å². The normalized spacial score (nSPS) is 16.3. The van der Waals surface area contributed by atoms with Crippen molar-refractivity contribution in [2.75, 3.05) is 49.4 Å². The lowest BCUT2D eigenvalue weighted by Crippen LogP contribution is -2.74. The fraction of sp³-hybridized carbons (Fsp3) is 1.00. The minimum absolute atomic E-state index is 0.406. The van der Waals surface area contributed by atoms with Crippen molar-refractivity contribution in [2.24, 2.45) is 5.41 Å². The van der Waals surface area contributed by atoms with Crippen molar-refractivity contribution in [3.05, 3.63) is 0 Å². The van der Waals surface area contributed by atoms with E-state index in [2.05, 4.69) is 0 Å². The first-order valence-corrected chi connectivity index (χ1v) is 35.6. The molecule has 808 valence electrons. The zero-order valence-corrected chi connectivity index (χ0v) is 62.4. The number of rotatable bonds is 40. The Morgan fingerprint density at radius 3 is 0.271 bits per heavy atom. The van der Waals surface area contributed by atoms with Crippen molar-refractivity contribution in [3.63, 3.8) is 0 Å². The molecule has 0 bridgehead atoms. The van der Waals surface area contributed by atoms with Crippen LogP contribution in [0.15, 0.2) is 0 Å². The van der Waals surface area contributed by atoms with E-state index in [1.54, 1.807) is 0 Å². The third kappa shape index (κ3) is 24.0. The maximum atomic E-state index is 13.3. The van der Waals surface area contributed by atoms with Gasteiger partial charge in [0, 0.05) is 25.7 Å². The Morgan fingerprint density at radius 1 is 0.135 bits per heavy atom. The Labute approximate surface area is 682 Å². The molecular weight excluding hydrogens is 2220 g/mol. The van der Waals surface area contributed by atoms with Crippen LogP contribution in [0.5, 0.6) is 0 Å². The first kappa shape index (κ1) is 136. The van der Waals surface area contributed by atoms with E-state index in [0.717, 1.165) is 0 Å². The predicted octanol–water partition coefficient (Wildman–Crippen LogP) is 19.0. The van der Waals surface area contributed by atoms with Gasteiger partial charge in [0.1, 0.15) is 0 Å². The second kappa shape index (κ2) is 38.3. The van der Waals surface area contributed by atoms with E-state index in [-0.39, 0.29) is 0 Å². The van der Waals surface area contributed by atoms with E-state index in [0.29, 0.717) is 0 Å². The molecule has 0 aromatic rings. The SMILES string of the molecule is O=S(=O)(O)CCC(F)(F)C(F)(F)C(F)(F)C(F)(F)C(F)(F)C(F)(F)C(F)(F)C(F)(F)F.O=S(=O)(O)CCC(F)(F)C(F)(F)C(F)(F)C(F)(F)C(F)(F)C(F)(F)C(F)(F)C(F)(F)F.O=S(=O)(O)CCC(F)(F)C(F)(F)C(F)(F)C(F)(F)C(F)(F)C(F)(F)C(F)(F)C(F)(F)F.O=S(=O)(O)CCC(F)(F)C(F)(F)C(F)(F)C(F)(F)C(F)(F)C(F)(F)C(F)(F)C(F)(F)F.OCC(CO)(CO)CO. The Bertz CT molecular complexity index is 3770. The molecule has 88 heteroatoms. The summed E-state index contributed by atoms with van der Waals surface area (Å²) in [5.74, 6) is -241. The number of hydrogen-bond acceptors (Lipinski definition) is 12. The maximum Gasteiger partial charge on any atom is 0.460 e. The van der Waals surface area contributed by atoms with Gasteiger partial charge in [0.2, 0.25) is 0 Å². The summed E-state index contributed by atoms with van der Waals surface area (Å²) >= 11 is 0. The average molecular weight is 2250 g/mol. The molecule has 0 unspecified atom stereocenters. The summed E-state index contributed by atoms with van der Waals surface area (Å²) in [5.41, 5.74) is -1.11. The van der Waals surface area contributed by atoms with Crippen molar-refractivity contribution in [1.29, 1.82) is 0 Å². The van der Waals surface area contributed by atoms with Crippen molar-refractivity contribution in [3.8, 4) is 0 Å². The molecule has 0 rings (SSSR count). The standard InChI is InChI=1S/4C10H5F17O3S.C5H12O4/c4*11-3(12,1-2-31(28,29)30)4(13,14)5(15,16)6(17,18)7(19,20)8(21,22)9(23,24)10(25,26)27;6-1-5(2-7,3-8)4-9/h4*1-2H2,(H,28,29,30);6-9H,1-4H2. The molecule has 0 atom stereocenters. The molecule has 16 nitrogen and oxygen atoms in total. The van der Waals surface area contributed by atoms with Crippen LogP contribution >= 0.6 is 0 Å². The van der Waals surface area contributed by atoms with Gasteiger partial charge in [0.15, 0.2) is 0 Å². The smallest absolute Gasteiger partial charge is 0.396 e. The summed E-state index contributed by atoms with van der Waals surface area (Å²) in [7, 11) is -22.9. The van der Waals surface area contributed by atoms with Gasteiger partial charge in [-0.2, -0.15) is 332 Å². The van der Waals surface area contributed by atoms with E-state index in [9.17, 15) is 332 Å². The number of aliphatic hydroxyl groups is 4. The Hall–Kier alpha value is -5.28. The van der Waals surface area contributed by atoms with Crippen LogP contribution in [0.4, 0.5) is 299 Å². The summed E-state index contributed by atoms with van der Waals surface area (Å²) in [6, 6.07) is 0. The highest BCUT2D eigenvalue weighted by Crippen LogP contribution is 2.71. The summed E-state index contributed by atoms with van der Waals surface area (Å²) in [4.78, 5) is 0. The maximum absolute atomic E-state index is 13.3. The largest absolute Gasteiger partial charge is 0.460 e. The monoisotopic (exact) mass is 2250 g/mol. The molecule has 0 amide bonds. The van der Waals surface area contributed by atoms with Gasteiger partial charge in [-0.15, -0.1) is 0 Å². The topological polar surface area (TPSA) is 298 Å². The van der Waals surface area contributed by atoms with Crippen LogP contribution in [0.1, 0.15) is 25.7 Å². The van der Waals surface area contributed by atoms with Gasteiger partial charge in [-0.05, 0) is 0 Å². The molecule has 0 radical (unpaired) electrons. The molecule has 133 heavy (non-hydrogen) atoms. The fourth-order valence-corrected chi connectivity index (χ4v) is 8.80. The van der Waals surface area contributed by atoms with Crippen LogP contribution in [0, 0.1) is 5.41 Å². The van der Waals surface area contributed by atoms with Crippen molar-refractivity contribution >= 4 is 40.5 Å². The number of halogens is 68. The number of alkyl halides is 68. The molecule has 0 aliphatic carbocycles. The van der Waals surface area contributed by atoms with Gasteiger partial charge >= 0.3 is 191 Å². The van der Waals surface area contributed by atoms with E-state index in [4.69, 9.17) is 38.6 Å². The molecule has 0 aromatic carbocycles. The van der Waals surface area contributed by atoms with Crippen LogP contribution in [-0.2, 0) is 40.5 Å². The summed E-state index contributed by atoms with van der Waals surface area (Å²) < 4.78 is 988. The highest BCUT2D eigenvalue weighted by molar-refractivity contribution is 7.86. The summed E-state index contributed by atoms with van der Waals surface area (Å²) in [6.07, 6.45) is -44.3. The average Bonchev–Trinajstić information content (AvgIpc) is 0.706. The lowest BCUT2D eigenvalue weighted by molar-refractivity contribution is -0.461. The molecule has 0 saturated carbocycles. The van der Waals surface area contributed by atoms with Gasteiger partial charge in [0.25, 0.3) is 40.5 Å². The third-order valence-electron chi connectivity index (χ3n) is 15.2. The van der Waals surface area contributed by atoms with Gasteiger partial charge in [-0.3, -0.25) is 18.2 Å². The second-order valence-corrected chi connectivity index (χ2v) is 31.2. The molecule has 0 fully saturated rings. The van der Waals surface area contributed by atoms with Crippen LogP contribution in [0.25, 0.3) is 0 Å². The van der Waals surface area contributed by atoms with Crippen molar-refractivity contribution < 1.29 is 371 Å². The zero-order chi connectivity index (χ0) is 111. The molecule has 0 aliphatic rings. The van der Waals surface area contributed by atoms with Crippen molar-refractivity contribution in [1.82, 2.24) is 0 Å². The molecule has 0 spiro atoms. The van der Waals surface area contributed by atoms with Gasteiger partial charge in [-0.1, -0.05) is 0 Å². The van der Waals surface area contributed by atoms with Crippen LogP contribution in [0.3, 0.4) is 0 Å². The van der Waals surface area contributed by atoms with Crippen LogP contribution in [0.2, 0.25) is 0 Å². The van der Waals surface area contributed by atoms with Crippen LogP contribution in [-0.4, -0.2) is 312 Å². The highest BCUT2D eigenvalue weighted by Gasteiger charge is 3.00. The third-order valence-corrected chi connectivity index (χ3v) is 18.1. The summed E-state index contributed by atoms with van der Waals surface area (Å²) in [6.45, 7) is -1.62. The predicted molar refractivity (Wildman–Crippen MR) is 278 cm³/mol. The first-order valence-electron chi connectivity index (χ1n) is 29.2. The molecule has 0 saturated heterocycles. The zero-order valence-electron chi connectivity index (χ0n) is 59.2. The lowest BCUT2D eigenvalue weighted by atomic mass is 9.88. The number of aliphatic hydroxyl groups excluding tert-OH is 4. The highest BCUT2D eigenvalue weighted by atomic mass is 32.2. The van der Waals surface area contributed by atoms with E-state index in [1.807, 2.05) is 0 Å². The Morgan fingerprint density at radius 2 is 0.211 bits per heavy atom. The van der Waals surface area contributed by atoms with Gasteiger partial charge in [-0.25, -0.2) is 0 Å². The quantitative estimate of drug-likeness (QED) is 0.0209. The molecule has 0 aromatic heterocycles. The van der Waals surface area contributed by atoms with Gasteiger partial charge in [0.05, 0.1) is 54.9 Å². The van der Waals surface area contributed by atoms with E-state index < -0.39 is 312 Å². The minimum atomic E-state index is -8.74. The summed E-state index contributed by atoms with van der Waals surface area (Å²) in [5, 5.41) is 34.0. The van der Waals surface area contributed by atoms with Crippen LogP contribution < -0.4 is 0 Å². The molecular formula is C45H32F68O16S4. The van der Waals surface area contributed by atoms with Crippen molar-refractivity contribution in [2.45, 2.75) is 216 Å². The minimum Gasteiger partial charge on any atom is -0.396 e. The van der Waals surface area contributed by atoms with Gasteiger partial charge < -0.3 is 20.4 Å². The molecule has 0 aliphatic heterocycles. The molecule has 0 heterocycles. The number of hydrogen-bond donors (Lipinski definition) is 8. The fourth-order valence-electron chi connectivity index (χ4n) is 6.74. The second-order valence-electron chi connectivity index (χ2n) is 24.9. The molecule has 8 N–H and O–H groups in total. The van der Waals surface area contributed by atoms with E-state index in [1.165, 1.54) is 0 Å². The lowest BCUT2D eigenvalue weighted by Gasteiger charge is -2.42.